The Morgan fingerprint density at radius 1 is 1.67 bits per heavy atom. The third-order valence-electron chi connectivity index (χ3n) is 3.28. The molecular weight excluding hydrogens is 168 g/mol. The van der Waals surface area contributed by atoms with E-state index in [-0.39, 0.29) is 5.54 Å². The summed E-state index contributed by atoms with van der Waals surface area (Å²) in [5.41, 5.74) is 6.13. The van der Waals surface area contributed by atoms with Crippen LogP contribution < -0.4 is 5.73 Å². The quantitative estimate of drug-likeness (QED) is 0.705. The summed E-state index contributed by atoms with van der Waals surface area (Å²) in [4.78, 5) is 2.44. The lowest BCUT2D eigenvalue weighted by atomic mass is 9.90. The molecule has 1 aliphatic rings. The number of thioether (sulfide) groups is 1. The molecule has 0 spiro atoms. The van der Waals surface area contributed by atoms with E-state index in [1.807, 2.05) is 0 Å². The van der Waals surface area contributed by atoms with E-state index >= 15 is 0 Å². The lowest BCUT2D eigenvalue weighted by Gasteiger charge is -2.48. The first-order valence-corrected chi connectivity index (χ1v) is 5.75. The van der Waals surface area contributed by atoms with Crippen LogP contribution in [-0.2, 0) is 0 Å². The second kappa shape index (κ2) is 3.99. The van der Waals surface area contributed by atoms with Crippen molar-refractivity contribution in [2.75, 3.05) is 25.9 Å². The van der Waals surface area contributed by atoms with Crippen LogP contribution in [0.15, 0.2) is 0 Å². The summed E-state index contributed by atoms with van der Waals surface area (Å²) in [6.07, 6.45) is 1.16. The number of likely N-dealkylation sites (N-methyl/N-ethyl adjacent to an activating group) is 1. The molecule has 2 unspecified atom stereocenters. The second-order valence-electron chi connectivity index (χ2n) is 3.60. The van der Waals surface area contributed by atoms with Crippen molar-refractivity contribution in [3.63, 3.8) is 0 Å². The minimum absolute atomic E-state index is 0.253. The molecule has 72 valence electrons. The van der Waals surface area contributed by atoms with E-state index in [9.17, 15) is 0 Å². The summed E-state index contributed by atoms with van der Waals surface area (Å²) in [6, 6.07) is 0. The highest BCUT2D eigenvalue weighted by Gasteiger charge is 2.39. The van der Waals surface area contributed by atoms with Crippen molar-refractivity contribution in [3.8, 4) is 0 Å². The first kappa shape index (κ1) is 10.4. The molecule has 0 aliphatic carbocycles. The van der Waals surface area contributed by atoms with E-state index in [4.69, 9.17) is 5.73 Å². The monoisotopic (exact) mass is 188 g/mol. The zero-order valence-corrected chi connectivity index (χ0v) is 9.16. The largest absolute Gasteiger partial charge is 0.329 e. The van der Waals surface area contributed by atoms with Crippen molar-refractivity contribution < 1.29 is 0 Å². The SMILES string of the molecule is CCC1(CN)C(C)SCCN1C. The van der Waals surface area contributed by atoms with E-state index in [1.165, 1.54) is 12.3 Å². The van der Waals surface area contributed by atoms with Crippen LogP contribution in [-0.4, -0.2) is 41.6 Å². The molecule has 0 aromatic carbocycles. The molecule has 2 nitrogen and oxygen atoms in total. The van der Waals surface area contributed by atoms with E-state index in [2.05, 4.69) is 37.6 Å². The van der Waals surface area contributed by atoms with Gasteiger partial charge < -0.3 is 5.73 Å². The summed E-state index contributed by atoms with van der Waals surface area (Å²) in [5, 5.41) is 0.672. The van der Waals surface area contributed by atoms with E-state index < -0.39 is 0 Å². The Morgan fingerprint density at radius 2 is 2.33 bits per heavy atom. The molecule has 12 heavy (non-hydrogen) atoms. The Kier molecular flexibility index (Phi) is 3.44. The number of rotatable bonds is 2. The average Bonchev–Trinajstić information content (AvgIpc) is 2.06. The van der Waals surface area contributed by atoms with Crippen molar-refractivity contribution in [1.29, 1.82) is 0 Å². The molecule has 0 bridgehead atoms. The summed E-state index contributed by atoms with van der Waals surface area (Å²) in [5.74, 6) is 1.25. The molecule has 2 atom stereocenters. The molecule has 0 saturated carbocycles. The predicted octanol–water partition coefficient (Wildman–Crippen LogP) is 1.16. The number of nitrogens with zero attached hydrogens (tertiary/aromatic N) is 1. The predicted molar refractivity (Wildman–Crippen MR) is 56.6 cm³/mol. The van der Waals surface area contributed by atoms with Crippen molar-refractivity contribution in [2.24, 2.45) is 5.73 Å². The first-order chi connectivity index (χ1) is 5.67. The molecule has 2 N–H and O–H groups in total. The maximum absolute atomic E-state index is 5.87. The molecule has 1 saturated heterocycles. The third kappa shape index (κ3) is 1.50. The van der Waals surface area contributed by atoms with Gasteiger partial charge in [-0.1, -0.05) is 13.8 Å². The highest BCUT2D eigenvalue weighted by atomic mass is 32.2. The van der Waals surface area contributed by atoms with Crippen molar-refractivity contribution in [2.45, 2.75) is 31.1 Å². The second-order valence-corrected chi connectivity index (χ2v) is 5.04. The standard InChI is InChI=1S/C9H20N2S/c1-4-9(7-10)8(2)12-6-5-11(9)3/h8H,4-7,10H2,1-3H3. The third-order valence-corrected chi connectivity index (χ3v) is 4.63. The van der Waals surface area contributed by atoms with Gasteiger partial charge in [-0.15, -0.1) is 0 Å². The van der Waals surface area contributed by atoms with Gasteiger partial charge in [0.15, 0.2) is 0 Å². The summed E-state index contributed by atoms with van der Waals surface area (Å²) in [7, 11) is 2.20. The van der Waals surface area contributed by atoms with Crippen LogP contribution in [0.25, 0.3) is 0 Å². The number of hydrogen-bond donors (Lipinski definition) is 1. The smallest absolute Gasteiger partial charge is 0.0442 e. The van der Waals surface area contributed by atoms with Crippen LogP contribution in [0.4, 0.5) is 0 Å². The van der Waals surface area contributed by atoms with Gasteiger partial charge in [0.05, 0.1) is 0 Å². The average molecular weight is 188 g/mol. The van der Waals surface area contributed by atoms with Gasteiger partial charge in [-0.2, -0.15) is 11.8 Å². The Balaban J connectivity index is 2.77. The maximum Gasteiger partial charge on any atom is 0.0442 e. The fourth-order valence-corrected chi connectivity index (χ4v) is 3.56. The van der Waals surface area contributed by atoms with E-state index in [1.54, 1.807) is 0 Å². The van der Waals surface area contributed by atoms with Gasteiger partial charge >= 0.3 is 0 Å². The topological polar surface area (TPSA) is 29.3 Å². The zero-order chi connectivity index (χ0) is 9.19. The number of nitrogens with two attached hydrogens (primary N) is 1. The summed E-state index contributed by atoms with van der Waals surface area (Å²) in [6.45, 7) is 6.51. The van der Waals surface area contributed by atoms with Gasteiger partial charge in [-0.25, -0.2) is 0 Å². The Labute approximate surface area is 79.9 Å². The molecule has 0 aromatic heterocycles. The van der Waals surface area contributed by atoms with Gasteiger partial charge in [0.25, 0.3) is 0 Å². The molecule has 1 aliphatic heterocycles. The highest BCUT2D eigenvalue weighted by Crippen LogP contribution is 2.34. The molecule has 1 heterocycles. The van der Waals surface area contributed by atoms with Gasteiger partial charge in [0, 0.05) is 29.6 Å². The minimum Gasteiger partial charge on any atom is -0.329 e. The van der Waals surface area contributed by atoms with Crippen LogP contribution in [0.5, 0.6) is 0 Å². The Bertz CT molecular complexity index is 133. The van der Waals surface area contributed by atoms with Gasteiger partial charge in [-0.3, -0.25) is 4.90 Å². The lowest BCUT2D eigenvalue weighted by Crippen LogP contribution is -2.60. The first-order valence-electron chi connectivity index (χ1n) is 4.70. The Morgan fingerprint density at radius 3 is 2.67 bits per heavy atom. The normalized spacial score (nSPS) is 38.5. The van der Waals surface area contributed by atoms with Crippen LogP contribution in [0.2, 0.25) is 0 Å². The molecule has 3 heteroatoms. The van der Waals surface area contributed by atoms with Gasteiger partial charge in [0.2, 0.25) is 0 Å². The van der Waals surface area contributed by atoms with Crippen LogP contribution in [0, 0.1) is 0 Å². The lowest BCUT2D eigenvalue weighted by molar-refractivity contribution is 0.122. The summed E-state index contributed by atoms with van der Waals surface area (Å²) < 4.78 is 0. The van der Waals surface area contributed by atoms with E-state index in [0.29, 0.717) is 5.25 Å². The highest BCUT2D eigenvalue weighted by molar-refractivity contribution is 8.00. The molecular formula is C9H20N2S. The number of hydrogen-bond acceptors (Lipinski definition) is 3. The van der Waals surface area contributed by atoms with Gasteiger partial charge in [0.1, 0.15) is 0 Å². The fourth-order valence-electron chi connectivity index (χ4n) is 2.08. The molecule has 0 aromatic rings. The van der Waals surface area contributed by atoms with Crippen molar-refractivity contribution in [1.82, 2.24) is 4.90 Å². The molecule has 0 radical (unpaired) electrons. The summed E-state index contributed by atoms with van der Waals surface area (Å²) >= 11 is 2.06. The Hall–Kier alpha value is 0.270. The zero-order valence-electron chi connectivity index (χ0n) is 8.34. The molecule has 0 amide bonds. The molecule has 1 fully saturated rings. The minimum atomic E-state index is 0.253. The fraction of sp³-hybridized carbons (Fsp3) is 1.00. The van der Waals surface area contributed by atoms with E-state index in [0.717, 1.165) is 13.0 Å². The van der Waals surface area contributed by atoms with Crippen LogP contribution >= 0.6 is 11.8 Å². The molecule has 1 rings (SSSR count). The van der Waals surface area contributed by atoms with Crippen molar-refractivity contribution in [3.05, 3.63) is 0 Å². The van der Waals surface area contributed by atoms with Crippen LogP contribution in [0.3, 0.4) is 0 Å². The van der Waals surface area contributed by atoms with Gasteiger partial charge in [-0.05, 0) is 13.5 Å². The van der Waals surface area contributed by atoms with Crippen LogP contribution in [0.1, 0.15) is 20.3 Å². The maximum atomic E-state index is 5.87. The van der Waals surface area contributed by atoms with Crippen molar-refractivity contribution >= 4 is 11.8 Å².